The van der Waals surface area contributed by atoms with Crippen LogP contribution in [0.1, 0.15) is 25.3 Å². The third-order valence-corrected chi connectivity index (χ3v) is 4.75. The van der Waals surface area contributed by atoms with Crippen LogP contribution in [-0.4, -0.2) is 26.3 Å². The number of nitrogens with zero attached hydrogens (tertiary/aromatic N) is 1. The summed E-state index contributed by atoms with van der Waals surface area (Å²) in [6, 6.07) is 6.77. The van der Waals surface area contributed by atoms with Gasteiger partial charge in [-0.15, -0.1) is 11.6 Å². The van der Waals surface area contributed by atoms with Crippen molar-refractivity contribution in [3.63, 3.8) is 0 Å². The second kappa shape index (κ2) is 6.38. The maximum absolute atomic E-state index is 12.2. The maximum Gasteiger partial charge on any atom is 0.242 e. The zero-order chi connectivity index (χ0) is 12.9. The molecule has 0 fully saturated rings. The third kappa shape index (κ3) is 3.69. The minimum atomic E-state index is -3.37. The molecule has 1 rings (SSSR count). The monoisotopic (exact) mass is 275 g/mol. The second-order valence-corrected chi connectivity index (χ2v) is 6.27. The molecule has 0 N–H and O–H groups in total. The molecule has 0 aliphatic carbocycles. The average molecular weight is 276 g/mol. The lowest BCUT2D eigenvalue weighted by atomic mass is 10.2. The van der Waals surface area contributed by atoms with Crippen LogP contribution in [0, 0.1) is 0 Å². The highest BCUT2D eigenvalue weighted by molar-refractivity contribution is 7.89. The molecule has 0 spiro atoms. The maximum atomic E-state index is 12.2. The van der Waals surface area contributed by atoms with E-state index < -0.39 is 10.0 Å². The van der Waals surface area contributed by atoms with Gasteiger partial charge in [-0.05, 0) is 24.1 Å². The van der Waals surface area contributed by atoms with Gasteiger partial charge in [-0.3, -0.25) is 0 Å². The molecule has 0 aliphatic rings. The van der Waals surface area contributed by atoms with Crippen LogP contribution < -0.4 is 0 Å². The Hall–Kier alpha value is -0.580. The van der Waals surface area contributed by atoms with Crippen LogP contribution >= 0.6 is 11.6 Å². The highest BCUT2D eigenvalue weighted by Gasteiger charge is 2.20. The Balaban J connectivity index is 2.95. The molecule has 0 saturated carbocycles. The molecular weight excluding hydrogens is 258 g/mol. The molecular formula is C12H18ClNO2S. The number of hydrogen-bond acceptors (Lipinski definition) is 2. The Labute approximate surface area is 108 Å². The van der Waals surface area contributed by atoms with Crippen LogP contribution in [-0.2, 0) is 15.9 Å². The summed E-state index contributed by atoms with van der Waals surface area (Å²) in [6.45, 7) is 2.58. The molecule has 1 aromatic carbocycles. The Morgan fingerprint density at radius 3 is 2.65 bits per heavy atom. The molecule has 5 heteroatoms. The molecule has 0 heterocycles. The second-order valence-electron chi connectivity index (χ2n) is 3.96. The van der Waals surface area contributed by atoms with Gasteiger partial charge in [0.1, 0.15) is 0 Å². The number of hydrogen-bond donors (Lipinski definition) is 0. The summed E-state index contributed by atoms with van der Waals surface area (Å²) < 4.78 is 25.8. The van der Waals surface area contributed by atoms with Crippen LogP contribution in [0.5, 0.6) is 0 Å². The van der Waals surface area contributed by atoms with Crippen molar-refractivity contribution >= 4 is 21.6 Å². The largest absolute Gasteiger partial charge is 0.242 e. The van der Waals surface area contributed by atoms with Crippen LogP contribution in [0.25, 0.3) is 0 Å². The summed E-state index contributed by atoms with van der Waals surface area (Å²) in [4.78, 5) is 0.314. The van der Waals surface area contributed by atoms with Crippen LogP contribution in [0.15, 0.2) is 29.2 Å². The first-order valence-corrected chi connectivity index (χ1v) is 7.61. The first-order chi connectivity index (χ1) is 8.02. The lowest BCUT2D eigenvalue weighted by molar-refractivity contribution is 0.459. The molecule has 0 aromatic heterocycles. The van der Waals surface area contributed by atoms with E-state index >= 15 is 0 Å². The molecule has 1 aromatic rings. The van der Waals surface area contributed by atoms with E-state index in [1.165, 1.54) is 4.31 Å². The molecule has 0 radical (unpaired) electrons. The molecule has 0 amide bonds. The van der Waals surface area contributed by atoms with Crippen molar-refractivity contribution in [3.05, 3.63) is 29.8 Å². The van der Waals surface area contributed by atoms with Crippen LogP contribution in [0.3, 0.4) is 0 Å². The quantitative estimate of drug-likeness (QED) is 0.749. The predicted octanol–water partition coefficient (Wildman–Crippen LogP) is 2.85. The van der Waals surface area contributed by atoms with E-state index in [0.29, 0.717) is 17.3 Å². The number of benzene rings is 1. The van der Waals surface area contributed by atoms with Crippen molar-refractivity contribution in [2.75, 3.05) is 13.6 Å². The van der Waals surface area contributed by atoms with E-state index in [2.05, 4.69) is 0 Å². The molecule has 0 saturated heterocycles. The smallest absolute Gasteiger partial charge is 0.207 e. The van der Waals surface area contributed by atoms with Crippen molar-refractivity contribution in [1.82, 2.24) is 4.31 Å². The Kier molecular flexibility index (Phi) is 5.43. The summed E-state index contributed by atoms with van der Waals surface area (Å²) in [5, 5.41) is 0. The number of rotatable bonds is 6. The summed E-state index contributed by atoms with van der Waals surface area (Å²) in [7, 11) is -1.76. The van der Waals surface area contributed by atoms with Crippen molar-refractivity contribution in [2.45, 2.75) is 30.5 Å². The number of halogens is 1. The Bertz CT molecular complexity index is 459. The fourth-order valence-corrected chi connectivity index (χ4v) is 2.92. The standard InChI is InChI=1S/C12H18ClNO2S/c1-3-4-8-14(2)17(15,16)12-7-5-6-11(9-12)10-13/h5-7,9H,3-4,8,10H2,1-2H3. The first kappa shape index (κ1) is 14.5. The van der Waals surface area contributed by atoms with Crippen molar-refractivity contribution < 1.29 is 8.42 Å². The van der Waals surface area contributed by atoms with Gasteiger partial charge in [0.15, 0.2) is 0 Å². The SMILES string of the molecule is CCCCN(C)S(=O)(=O)c1cccc(CCl)c1. The number of alkyl halides is 1. The molecule has 0 aliphatic heterocycles. The lowest BCUT2D eigenvalue weighted by Gasteiger charge is -2.17. The van der Waals surface area contributed by atoms with Gasteiger partial charge in [0.05, 0.1) is 4.90 Å². The number of unbranched alkanes of at least 4 members (excludes halogenated alkanes) is 1. The lowest BCUT2D eigenvalue weighted by Crippen LogP contribution is -2.27. The summed E-state index contributed by atoms with van der Waals surface area (Å²) in [5.74, 6) is 0.321. The van der Waals surface area contributed by atoms with Gasteiger partial charge in [-0.2, -0.15) is 0 Å². The summed E-state index contributed by atoms with van der Waals surface area (Å²) >= 11 is 5.70. The fourth-order valence-electron chi connectivity index (χ4n) is 1.47. The van der Waals surface area contributed by atoms with E-state index in [-0.39, 0.29) is 0 Å². The van der Waals surface area contributed by atoms with Gasteiger partial charge in [-0.25, -0.2) is 12.7 Å². The molecule has 17 heavy (non-hydrogen) atoms. The summed E-state index contributed by atoms with van der Waals surface area (Å²) in [6.07, 6.45) is 1.84. The summed E-state index contributed by atoms with van der Waals surface area (Å²) in [5.41, 5.74) is 0.816. The van der Waals surface area contributed by atoms with Gasteiger partial charge in [0, 0.05) is 19.5 Å². The zero-order valence-corrected chi connectivity index (χ0v) is 11.8. The van der Waals surface area contributed by atoms with Gasteiger partial charge < -0.3 is 0 Å². The Morgan fingerprint density at radius 2 is 2.06 bits per heavy atom. The van der Waals surface area contributed by atoms with E-state index in [9.17, 15) is 8.42 Å². The topological polar surface area (TPSA) is 37.4 Å². The highest BCUT2D eigenvalue weighted by Crippen LogP contribution is 2.17. The zero-order valence-electron chi connectivity index (χ0n) is 10.2. The normalized spacial score (nSPS) is 12.0. The highest BCUT2D eigenvalue weighted by atomic mass is 35.5. The molecule has 0 atom stereocenters. The predicted molar refractivity (Wildman–Crippen MR) is 70.7 cm³/mol. The first-order valence-electron chi connectivity index (χ1n) is 5.63. The van der Waals surface area contributed by atoms with E-state index in [1.807, 2.05) is 13.0 Å². The van der Waals surface area contributed by atoms with Crippen molar-refractivity contribution in [1.29, 1.82) is 0 Å². The number of sulfonamides is 1. The molecule has 3 nitrogen and oxygen atoms in total. The van der Waals surface area contributed by atoms with E-state index in [4.69, 9.17) is 11.6 Å². The van der Waals surface area contributed by atoms with Gasteiger partial charge >= 0.3 is 0 Å². The Morgan fingerprint density at radius 1 is 1.35 bits per heavy atom. The van der Waals surface area contributed by atoms with E-state index in [0.717, 1.165) is 18.4 Å². The van der Waals surface area contributed by atoms with Gasteiger partial charge in [-0.1, -0.05) is 25.5 Å². The van der Waals surface area contributed by atoms with Gasteiger partial charge in [0.25, 0.3) is 0 Å². The molecule has 96 valence electrons. The minimum Gasteiger partial charge on any atom is -0.207 e. The average Bonchev–Trinajstić information content (AvgIpc) is 2.35. The fraction of sp³-hybridized carbons (Fsp3) is 0.500. The molecule has 0 bridgehead atoms. The van der Waals surface area contributed by atoms with Crippen LogP contribution in [0.4, 0.5) is 0 Å². The van der Waals surface area contributed by atoms with Crippen molar-refractivity contribution in [2.24, 2.45) is 0 Å². The van der Waals surface area contributed by atoms with E-state index in [1.54, 1.807) is 25.2 Å². The minimum absolute atomic E-state index is 0.314. The van der Waals surface area contributed by atoms with Crippen molar-refractivity contribution in [3.8, 4) is 0 Å². The third-order valence-electron chi connectivity index (χ3n) is 2.59. The van der Waals surface area contributed by atoms with Gasteiger partial charge in [0.2, 0.25) is 10.0 Å². The van der Waals surface area contributed by atoms with Crippen LogP contribution in [0.2, 0.25) is 0 Å². The molecule has 0 unspecified atom stereocenters.